The van der Waals surface area contributed by atoms with Crippen molar-refractivity contribution in [3.63, 3.8) is 0 Å². The molecule has 2 amide bonds. The van der Waals surface area contributed by atoms with E-state index in [1.165, 1.54) is 18.2 Å². The summed E-state index contributed by atoms with van der Waals surface area (Å²) in [5.74, 6) is -1.69. The summed E-state index contributed by atoms with van der Waals surface area (Å²) in [6.45, 7) is 0. The molecule has 0 radical (unpaired) electrons. The zero-order valence-electron chi connectivity index (χ0n) is 9.69. The van der Waals surface area contributed by atoms with Gasteiger partial charge in [-0.2, -0.15) is 0 Å². The number of halogens is 2. The summed E-state index contributed by atoms with van der Waals surface area (Å²) in [5, 5.41) is 2.06. The largest absolute Gasteiger partial charge is 0.288 e. The van der Waals surface area contributed by atoms with Gasteiger partial charge in [-0.15, -0.1) is 0 Å². The Balaban J connectivity index is 0.000000163. The molecule has 0 saturated heterocycles. The van der Waals surface area contributed by atoms with Crippen LogP contribution in [0, 0.1) is 11.6 Å². The average Bonchev–Trinajstić information content (AvgIpc) is 2.66. The number of hydrogen-bond acceptors (Lipinski definition) is 2. The smallest absolute Gasteiger partial charge is 0.259 e. The van der Waals surface area contributed by atoms with E-state index in [1.807, 2.05) is 0 Å². The quantitative estimate of drug-likeness (QED) is 0.741. The highest BCUT2D eigenvalue weighted by atomic mass is 19.1. The molecule has 1 heterocycles. The van der Waals surface area contributed by atoms with E-state index >= 15 is 0 Å². The SMILES string of the molecule is Fc1ccccc1.O=C1NC(=O)c2cc(F)ccc21. The van der Waals surface area contributed by atoms with Crippen LogP contribution in [-0.4, -0.2) is 11.8 Å². The molecule has 0 unspecified atom stereocenters. The molecule has 96 valence electrons. The van der Waals surface area contributed by atoms with E-state index in [0.29, 0.717) is 0 Å². The fourth-order valence-corrected chi connectivity index (χ4v) is 1.55. The van der Waals surface area contributed by atoms with E-state index in [4.69, 9.17) is 0 Å². The van der Waals surface area contributed by atoms with Crippen LogP contribution in [0.1, 0.15) is 20.7 Å². The fraction of sp³-hybridized carbons (Fsp3) is 0. The average molecular weight is 261 g/mol. The van der Waals surface area contributed by atoms with Gasteiger partial charge >= 0.3 is 0 Å². The van der Waals surface area contributed by atoms with Crippen LogP contribution in [-0.2, 0) is 0 Å². The maximum atomic E-state index is 12.6. The van der Waals surface area contributed by atoms with Crippen molar-refractivity contribution in [1.82, 2.24) is 5.32 Å². The minimum Gasteiger partial charge on any atom is -0.288 e. The lowest BCUT2D eigenvalue weighted by molar-refractivity contribution is 0.0879. The molecule has 1 N–H and O–H groups in total. The molecule has 5 heteroatoms. The van der Waals surface area contributed by atoms with Gasteiger partial charge in [0, 0.05) is 0 Å². The second-order valence-corrected chi connectivity index (χ2v) is 3.77. The zero-order chi connectivity index (χ0) is 13.8. The summed E-state index contributed by atoms with van der Waals surface area (Å²) >= 11 is 0. The van der Waals surface area contributed by atoms with Crippen molar-refractivity contribution in [2.24, 2.45) is 0 Å². The minimum atomic E-state index is -0.533. The molecule has 3 nitrogen and oxygen atoms in total. The number of nitrogens with one attached hydrogen (secondary N) is 1. The van der Waals surface area contributed by atoms with Crippen LogP contribution in [0.25, 0.3) is 0 Å². The maximum Gasteiger partial charge on any atom is 0.259 e. The van der Waals surface area contributed by atoms with Crippen molar-refractivity contribution in [2.75, 3.05) is 0 Å². The Morgan fingerprint density at radius 1 is 0.737 bits per heavy atom. The van der Waals surface area contributed by atoms with Gasteiger partial charge in [0.05, 0.1) is 11.1 Å². The molecule has 19 heavy (non-hydrogen) atoms. The second-order valence-electron chi connectivity index (χ2n) is 3.77. The van der Waals surface area contributed by atoms with Gasteiger partial charge in [0.1, 0.15) is 11.6 Å². The number of carbonyl (C=O) groups excluding carboxylic acids is 2. The van der Waals surface area contributed by atoms with Crippen molar-refractivity contribution >= 4 is 11.8 Å². The van der Waals surface area contributed by atoms with Gasteiger partial charge in [-0.3, -0.25) is 14.9 Å². The summed E-state index contributed by atoms with van der Waals surface area (Å²) < 4.78 is 24.5. The Bertz CT molecular complexity index is 627. The topological polar surface area (TPSA) is 46.2 Å². The first-order valence-corrected chi connectivity index (χ1v) is 5.43. The summed E-state index contributed by atoms with van der Waals surface area (Å²) in [5.41, 5.74) is 0.349. The normalized spacial score (nSPS) is 12.3. The third-order valence-electron chi connectivity index (χ3n) is 2.43. The number of amides is 2. The molecule has 1 aliphatic rings. The molecule has 0 aliphatic carbocycles. The van der Waals surface area contributed by atoms with E-state index < -0.39 is 17.6 Å². The van der Waals surface area contributed by atoms with Crippen LogP contribution in [0.2, 0.25) is 0 Å². The van der Waals surface area contributed by atoms with Crippen LogP contribution < -0.4 is 5.32 Å². The van der Waals surface area contributed by atoms with Gasteiger partial charge in [0.2, 0.25) is 0 Å². The highest BCUT2D eigenvalue weighted by molar-refractivity contribution is 6.21. The predicted molar refractivity (Wildman–Crippen MR) is 64.6 cm³/mol. The highest BCUT2D eigenvalue weighted by Crippen LogP contribution is 2.15. The summed E-state index contributed by atoms with van der Waals surface area (Å²) in [6.07, 6.45) is 0. The van der Waals surface area contributed by atoms with Gasteiger partial charge in [-0.05, 0) is 30.3 Å². The van der Waals surface area contributed by atoms with Gasteiger partial charge < -0.3 is 0 Å². The first-order chi connectivity index (χ1) is 9.08. The standard InChI is InChI=1S/C8H4FNO2.C6H5F/c9-4-1-2-5-6(3-4)8(12)10-7(5)11;7-6-4-2-1-3-5-6/h1-3H,(H,10,11,12);1-5H. The van der Waals surface area contributed by atoms with Crippen LogP contribution >= 0.6 is 0 Å². The van der Waals surface area contributed by atoms with Crippen LogP contribution in [0.15, 0.2) is 48.5 Å². The molecule has 1 aliphatic heterocycles. The first kappa shape index (κ1) is 12.9. The van der Waals surface area contributed by atoms with Crippen LogP contribution in [0.5, 0.6) is 0 Å². The molecular formula is C14H9F2NO2. The second kappa shape index (κ2) is 5.39. The molecule has 0 fully saturated rings. The number of fused-ring (bicyclic) bond motifs is 1. The monoisotopic (exact) mass is 261 g/mol. The molecule has 2 aromatic rings. The van der Waals surface area contributed by atoms with Crippen molar-refractivity contribution in [1.29, 1.82) is 0 Å². The van der Waals surface area contributed by atoms with Crippen molar-refractivity contribution in [3.05, 3.63) is 71.3 Å². The Morgan fingerprint density at radius 2 is 1.37 bits per heavy atom. The summed E-state index contributed by atoms with van der Waals surface area (Å²) in [7, 11) is 0. The lowest BCUT2D eigenvalue weighted by Gasteiger charge is -1.91. The lowest BCUT2D eigenvalue weighted by Crippen LogP contribution is -2.19. The van der Waals surface area contributed by atoms with E-state index in [2.05, 4.69) is 5.32 Å². The number of benzene rings is 2. The molecule has 0 bridgehead atoms. The van der Waals surface area contributed by atoms with Gasteiger partial charge in [0.25, 0.3) is 11.8 Å². The van der Waals surface area contributed by atoms with Crippen molar-refractivity contribution in [2.45, 2.75) is 0 Å². The van der Waals surface area contributed by atoms with Crippen LogP contribution in [0.3, 0.4) is 0 Å². The summed E-state index contributed by atoms with van der Waals surface area (Å²) in [4.78, 5) is 21.9. The van der Waals surface area contributed by atoms with E-state index in [9.17, 15) is 18.4 Å². The molecular weight excluding hydrogens is 252 g/mol. The minimum absolute atomic E-state index is 0.111. The molecule has 3 rings (SSSR count). The van der Waals surface area contributed by atoms with E-state index in [0.717, 1.165) is 12.1 Å². The number of imide groups is 1. The fourth-order valence-electron chi connectivity index (χ4n) is 1.55. The van der Waals surface area contributed by atoms with Gasteiger partial charge in [-0.1, -0.05) is 18.2 Å². The third-order valence-corrected chi connectivity index (χ3v) is 2.43. The Morgan fingerprint density at radius 3 is 1.95 bits per heavy atom. The van der Waals surface area contributed by atoms with Crippen molar-refractivity contribution < 1.29 is 18.4 Å². The van der Waals surface area contributed by atoms with E-state index in [-0.39, 0.29) is 16.9 Å². The Labute approximate surface area is 107 Å². The molecule has 0 saturated carbocycles. The van der Waals surface area contributed by atoms with Crippen molar-refractivity contribution in [3.8, 4) is 0 Å². The first-order valence-electron chi connectivity index (χ1n) is 5.43. The molecule has 0 aromatic heterocycles. The molecule has 2 aromatic carbocycles. The zero-order valence-corrected chi connectivity index (χ0v) is 9.69. The third kappa shape index (κ3) is 3.01. The Kier molecular flexibility index (Phi) is 3.66. The van der Waals surface area contributed by atoms with Gasteiger partial charge in [0.15, 0.2) is 0 Å². The molecule has 0 atom stereocenters. The van der Waals surface area contributed by atoms with Crippen LogP contribution in [0.4, 0.5) is 8.78 Å². The highest BCUT2D eigenvalue weighted by Gasteiger charge is 2.26. The lowest BCUT2D eigenvalue weighted by atomic mass is 10.1. The molecule has 0 spiro atoms. The number of carbonyl (C=O) groups is 2. The number of hydrogen-bond donors (Lipinski definition) is 1. The maximum absolute atomic E-state index is 12.6. The van der Waals surface area contributed by atoms with E-state index in [1.54, 1.807) is 18.2 Å². The Hall–Kier alpha value is -2.56. The van der Waals surface area contributed by atoms with Gasteiger partial charge in [-0.25, -0.2) is 8.78 Å². The predicted octanol–water partition coefficient (Wildman–Crippen LogP) is 2.54. The summed E-state index contributed by atoms with van der Waals surface area (Å²) in [6, 6.07) is 11.4. The number of rotatable bonds is 0.